The van der Waals surface area contributed by atoms with E-state index < -0.39 is 17.5 Å². The number of benzene rings is 1. The molecule has 0 aromatic heterocycles. The second kappa shape index (κ2) is 5.23. The number of hydrogen-bond acceptors (Lipinski definition) is 1. The van der Waals surface area contributed by atoms with Crippen LogP contribution in [0.15, 0.2) is 12.1 Å². The van der Waals surface area contributed by atoms with Crippen molar-refractivity contribution in [2.24, 2.45) is 17.3 Å². The first-order valence-electron chi connectivity index (χ1n) is 6.93. The second-order valence-electron chi connectivity index (χ2n) is 6.45. The van der Waals surface area contributed by atoms with E-state index in [1.165, 1.54) is 0 Å². The van der Waals surface area contributed by atoms with Gasteiger partial charge in [-0.25, -0.2) is 13.2 Å². The molecule has 0 N–H and O–H groups in total. The van der Waals surface area contributed by atoms with Gasteiger partial charge in [-0.3, -0.25) is 4.79 Å². The number of ketones is 1. The van der Waals surface area contributed by atoms with Crippen molar-refractivity contribution in [3.8, 4) is 0 Å². The molecule has 1 saturated carbocycles. The molecule has 1 aromatic rings. The zero-order valence-electron chi connectivity index (χ0n) is 12.0. The van der Waals surface area contributed by atoms with E-state index in [0.29, 0.717) is 0 Å². The SMILES string of the molecule is C[C@H]1CCCC(C)(C)[C@@H]1C(=O)c1cc(F)c(F)c(F)c1. The molecule has 0 radical (unpaired) electrons. The predicted octanol–water partition coefficient (Wildman–Crippen LogP) is 4.75. The molecule has 1 aliphatic rings. The summed E-state index contributed by atoms with van der Waals surface area (Å²) in [5.41, 5.74) is -0.288. The lowest BCUT2D eigenvalue weighted by Gasteiger charge is -2.41. The van der Waals surface area contributed by atoms with Gasteiger partial charge < -0.3 is 0 Å². The van der Waals surface area contributed by atoms with Crippen molar-refractivity contribution in [2.75, 3.05) is 0 Å². The topological polar surface area (TPSA) is 17.1 Å². The minimum atomic E-state index is -1.53. The molecule has 0 amide bonds. The minimum absolute atomic E-state index is 0.0757. The summed E-state index contributed by atoms with van der Waals surface area (Å²) >= 11 is 0. The average molecular weight is 284 g/mol. The lowest BCUT2D eigenvalue weighted by atomic mass is 9.62. The van der Waals surface area contributed by atoms with Crippen molar-refractivity contribution in [3.05, 3.63) is 35.1 Å². The molecule has 20 heavy (non-hydrogen) atoms. The molecule has 0 heterocycles. The van der Waals surface area contributed by atoms with Gasteiger partial charge in [-0.15, -0.1) is 0 Å². The standard InChI is InChI=1S/C16H19F3O/c1-9-5-4-6-16(2,3)13(9)15(20)10-7-11(17)14(19)12(18)8-10/h7-9,13H,4-6H2,1-3H3/t9-,13-/m0/s1. The zero-order chi connectivity index (χ0) is 15.1. The van der Waals surface area contributed by atoms with Crippen molar-refractivity contribution in [1.82, 2.24) is 0 Å². The number of hydrogen-bond donors (Lipinski definition) is 0. The molecule has 0 unspecified atom stereocenters. The molecule has 0 bridgehead atoms. The molecule has 1 fully saturated rings. The number of carbonyl (C=O) groups is 1. The van der Waals surface area contributed by atoms with Gasteiger partial charge in [0.05, 0.1) is 0 Å². The largest absolute Gasteiger partial charge is 0.294 e. The quantitative estimate of drug-likeness (QED) is 0.566. The monoisotopic (exact) mass is 284 g/mol. The average Bonchev–Trinajstić information content (AvgIpc) is 2.33. The molecular formula is C16H19F3O. The first kappa shape index (κ1) is 15.1. The fourth-order valence-corrected chi connectivity index (χ4v) is 3.46. The van der Waals surface area contributed by atoms with E-state index in [4.69, 9.17) is 0 Å². The molecule has 0 aliphatic heterocycles. The van der Waals surface area contributed by atoms with Crippen LogP contribution in [-0.4, -0.2) is 5.78 Å². The molecule has 0 saturated heterocycles. The van der Waals surface area contributed by atoms with E-state index in [-0.39, 0.29) is 28.6 Å². The van der Waals surface area contributed by atoms with Crippen LogP contribution in [0.4, 0.5) is 13.2 Å². The molecule has 110 valence electrons. The summed E-state index contributed by atoms with van der Waals surface area (Å²) in [6, 6.07) is 1.61. The van der Waals surface area contributed by atoms with Crippen LogP contribution in [-0.2, 0) is 0 Å². The van der Waals surface area contributed by atoms with Crippen LogP contribution >= 0.6 is 0 Å². The Kier molecular flexibility index (Phi) is 3.94. The third kappa shape index (κ3) is 2.60. The molecule has 0 spiro atoms. The Bertz CT molecular complexity index is 514. The summed E-state index contributed by atoms with van der Waals surface area (Å²) in [7, 11) is 0. The normalized spacial score (nSPS) is 25.5. The van der Waals surface area contributed by atoms with E-state index in [9.17, 15) is 18.0 Å². The summed E-state index contributed by atoms with van der Waals surface area (Å²) in [4.78, 5) is 12.6. The maximum Gasteiger partial charge on any atom is 0.194 e. The minimum Gasteiger partial charge on any atom is -0.294 e. The van der Waals surface area contributed by atoms with Crippen molar-refractivity contribution < 1.29 is 18.0 Å². The molecular weight excluding hydrogens is 265 g/mol. The molecule has 1 aromatic carbocycles. The summed E-state index contributed by atoms with van der Waals surface area (Å²) in [5.74, 6) is -4.58. The van der Waals surface area contributed by atoms with Gasteiger partial charge in [0, 0.05) is 11.5 Å². The molecule has 2 rings (SSSR count). The third-order valence-electron chi connectivity index (χ3n) is 4.44. The van der Waals surface area contributed by atoms with Crippen LogP contribution in [0.3, 0.4) is 0 Å². The van der Waals surface area contributed by atoms with E-state index in [1.807, 2.05) is 20.8 Å². The highest BCUT2D eigenvalue weighted by atomic mass is 19.2. The first-order valence-corrected chi connectivity index (χ1v) is 6.93. The fraction of sp³-hybridized carbons (Fsp3) is 0.562. The number of carbonyl (C=O) groups excluding carboxylic acids is 1. The Labute approximate surface area is 117 Å². The van der Waals surface area contributed by atoms with Crippen LogP contribution in [0.5, 0.6) is 0 Å². The highest BCUT2D eigenvalue weighted by Crippen LogP contribution is 2.45. The van der Waals surface area contributed by atoms with Crippen LogP contribution in [0, 0.1) is 34.7 Å². The first-order chi connectivity index (χ1) is 9.24. The van der Waals surface area contributed by atoms with Gasteiger partial charge in [0.1, 0.15) is 0 Å². The maximum absolute atomic E-state index is 13.3. The van der Waals surface area contributed by atoms with Gasteiger partial charge in [0.2, 0.25) is 0 Å². The molecule has 4 heteroatoms. The Morgan fingerprint density at radius 3 is 2.25 bits per heavy atom. The van der Waals surface area contributed by atoms with Gasteiger partial charge in [0.15, 0.2) is 23.2 Å². The second-order valence-corrected chi connectivity index (χ2v) is 6.45. The predicted molar refractivity (Wildman–Crippen MR) is 70.9 cm³/mol. The lowest BCUT2D eigenvalue weighted by Crippen LogP contribution is -2.39. The van der Waals surface area contributed by atoms with Crippen LogP contribution in [0.1, 0.15) is 50.4 Å². The van der Waals surface area contributed by atoms with E-state index in [2.05, 4.69) is 0 Å². The van der Waals surface area contributed by atoms with Crippen molar-refractivity contribution in [1.29, 1.82) is 0 Å². The van der Waals surface area contributed by atoms with Gasteiger partial charge in [0.25, 0.3) is 0 Å². The van der Waals surface area contributed by atoms with Crippen LogP contribution in [0.2, 0.25) is 0 Å². The van der Waals surface area contributed by atoms with Crippen LogP contribution in [0.25, 0.3) is 0 Å². The van der Waals surface area contributed by atoms with Crippen LogP contribution < -0.4 is 0 Å². The van der Waals surface area contributed by atoms with E-state index >= 15 is 0 Å². The summed E-state index contributed by atoms with van der Waals surface area (Å²) in [6.07, 6.45) is 2.87. The molecule has 1 aliphatic carbocycles. The van der Waals surface area contributed by atoms with Crippen molar-refractivity contribution in [2.45, 2.75) is 40.0 Å². The Morgan fingerprint density at radius 1 is 1.20 bits per heavy atom. The van der Waals surface area contributed by atoms with Gasteiger partial charge in [-0.05, 0) is 36.3 Å². The van der Waals surface area contributed by atoms with Gasteiger partial charge in [-0.1, -0.05) is 27.2 Å². The fourth-order valence-electron chi connectivity index (χ4n) is 3.46. The Morgan fingerprint density at radius 2 is 1.75 bits per heavy atom. The highest BCUT2D eigenvalue weighted by molar-refractivity contribution is 5.98. The lowest BCUT2D eigenvalue weighted by molar-refractivity contribution is 0.0538. The highest BCUT2D eigenvalue weighted by Gasteiger charge is 2.41. The third-order valence-corrected chi connectivity index (χ3v) is 4.44. The zero-order valence-corrected chi connectivity index (χ0v) is 12.0. The molecule has 1 nitrogen and oxygen atoms in total. The Hall–Kier alpha value is -1.32. The summed E-state index contributed by atoms with van der Waals surface area (Å²) < 4.78 is 39.6. The summed E-state index contributed by atoms with van der Waals surface area (Å²) in [6.45, 7) is 5.99. The number of halogens is 3. The smallest absolute Gasteiger partial charge is 0.194 e. The van der Waals surface area contributed by atoms with E-state index in [0.717, 1.165) is 31.4 Å². The van der Waals surface area contributed by atoms with E-state index in [1.54, 1.807) is 0 Å². The summed E-state index contributed by atoms with van der Waals surface area (Å²) in [5, 5.41) is 0. The van der Waals surface area contributed by atoms with Gasteiger partial charge >= 0.3 is 0 Å². The molecule has 2 atom stereocenters. The Balaban J connectivity index is 2.39. The van der Waals surface area contributed by atoms with Gasteiger partial charge in [-0.2, -0.15) is 0 Å². The van der Waals surface area contributed by atoms with Crippen molar-refractivity contribution >= 4 is 5.78 Å². The maximum atomic E-state index is 13.3. The number of rotatable bonds is 2. The van der Waals surface area contributed by atoms with Crippen molar-refractivity contribution in [3.63, 3.8) is 0 Å². The number of Topliss-reactive ketones (excluding diaryl/α,β-unsaturated/α-hetero) is 1.